The van der Waals surface area contributed by atoms with Crippen LogP contribution in [0.4, 0.5) is 5.69 Å². The molecule has 0 aliphatic heterocycles. The zero-order chi connectivity index (χ0) is 16.8. The first kappa shape index (κ1) is 19.9. The average molecular weight is 351 g/mol. The van der Waals surface area contributed by atoms with Crippen molar-refractivity contribution >= 4 is 24.0 Å². The first-order valence-electron chi connectivity index (χ1n) is 7.63. The fourth-order valence-corrected chi connectivity index (χ4v) is 1.92. The van der Waals surface area contributed by atoms with Gasteiger partial charge in [-0.1, -0.05) is 20.3 Å². The molecule has 2 atom stereocenters. The molecule has 0 saturated carbocycles. The summed E-state index contributed by atoms with van der Waals surface area (Å²) < 4.78 is 5.56. The number of aromatic nitrogens is 2. The van der Waals surface area contributed by atoms with Crippen molar-refractivity contribution < 1.29 is 9.53 Å². The van der Waals surface area contributed by atoms with Crippen LogP contribution in [-0.4, -0.2) is 21.9 Å². The fourth-order valence-electron chi connectivity index (χ4n) is 1.92. The van der Waals surface area contributed by atoms with Crippen LogP contribution in [0.15, 0.2) is 36.5 Å². The van der Waals surface area contributed by atoms with Crippen LogP contribution in [0.1, 0.15) is 26.0 Å². The molecule has 0 spiro atoms. The molecule has 1 amide bonds. The smallest absolute Gasteiger partial charge is 0.322 e. The number of hydrogen-bond donors (Lipinski definition) is 2. The Labute approximate surface area is 148 Å². The molecule has 7 heteroatoms. The van der Waals surface area contributed by atoms with Crippen molar-refractivity contribution in [2.75, 3.05) is 5.32 Å². The summed E-state index contributed by atoms with van der Waals surface area (Å²) in [5.74, 6) is 0.547. The number of nitrogens with two attached hydrogens (primary N) is 1. The van der Waals surface area contributed by atoms with E-state index in [9.17, 15) is 4.79 Å². The first-order chi connectivity index (χ1) is 11.0. The summed E-state index contributed by atoms with van der Waals surface area (Å²) >= 11 is 0. The standard InChI is InChI=1S/C17H22N4O2.ClH/c1-4-11(2)15(18)16(22)21-13-5-7-14(8-6-13)23-17-19-10-9-12(3)20-17;/h5-11,15H,4,18H2,1-3H3,(H,21,22);1H. The second-order valence-corrected chi connectivity index (χ2v) is 5.51. The number of nitrogens with one attached hydrogen (secondary N) is 1. The van der Waals surface area contributed by atoms with Gasteiger partial charge < -0.3 is 15.8 Å². The maximum Gasteiger partial charge on any atom is 0.322 e. The van der Waals surface area contributed by atoms with Gasteiger partial charge in [0.2, 0.25) is 5.91 Å². The number of benzene rings is 1. The predicted molar refractivity (Wildman–Crippen MR) is 96.6 cm³/mol. The Morgan fingerprint density at radius 2 is 1.96 bits per heavy atom. The number of nitrogens with zero attached hydrogens (tertiary/aromatic N) is 2. The minimum atomic E-state index is -0.517. The van der Waals surface area contributed by atoms with Crippen molar-refractivity contribution in [1.29, 1.82) is 0 Å². The molecule has 0 radical (unpaired) electrons. The van der Waals surface area contributed by atoms with Crippen LogP contribution in [0.2, 0.25) is 0 Å². The Morgan fingerprint density at radius 3 is 2.54 bits per heavy atom. The highest BCUT2D eigenvalue weighted by Gasteiger charge is 2.19. The van der Waals surface area contributed by atoms with Crippen molar-refractivity contribution in [1.82, 2.24) is 9.97 Å². The molecule has 1 aromatic heterocycles. The molecule has 6 nitrogen and oxygen atoms in total. The van der Waals surface area contributed by atoms with E-state index in [2.05, 4.69) is 15.3 Å². The number of carbonyl (C=O) groups is 1. The Morgan fingerprint density at radius 1 is 1.29 bits per heavy atom. The summed E-state index contributed by atoms with van der Waals surface area (Å²) in [7, 11) is 0. The minimum absolute atomic E-state index is 0. The van der Waals surface area contributed by atoms with E-state index in [1.165, 1.54) is 0 Å². The van der Waals surface area contributed by atoms with Gasteiger partial charge >= 0.3 is 6.01 Å². The molecule has 0 fully saturated rings. The predicted octanol–water partition coefficient (Wildman–Crippen LogP) is 3.31. The molecule has 2 aromatic rings. The second-order valence-electron chi connectivity index (χ2n) is 5.51. The van der Waals surface area contributed by atoms with Crippen LogP contribution in [-0.2, 0) is 4.79 Å². The number of amides is 1. The summed E-state index contributed by atoms with van der Waals surface area (Å²) in [6, 6.07) is 8.58. The molecule has 0 bridgehead atoms. The van der Waals surface area contributed by atoms with Crippen LogP contribution >= 0.6 is 12.4 Å². The van der Waals surface area contributed by atoms with Crippen LogP contribution in [0, 0.1) is 12.8 Å². The lowest BCUT2D eigenvalue weighted by Gasteiger charge is -2.17. The van der Waals surface area contributed by atoms with Gasteiger partial charge in [-0.15, -0.1) is 12.4 Å². The molecular weight excluding hydrogens is 328 g/mol. The van der Waals surface area contributed by atoms with Gasteiger partial charge in [0.1, 0.15) is 5.75 Å². The monoisotopic (exact) mass is 350 g/mol. The van der Waals surface area contributed by atoms with E-state index in [4.69, 9.17) is 10.5 Å². The van der Waals surface area contributed by atoms with Crippen LogP contribution in [0.3, 0.4) is 0 Å². The molecule has 1 heterocycles. The number of aryl methyl sites for hydroxylation is 1. The highest BCUT2D eigenvalue weighted by molar-refractivity contribution is 5.94. The molecule has 0 saturated heterocycles. The van der Waals surface area contributed by atoms with Gasteiger partial charge in [0.25, 0.3) is 0 Å². The minimum Gasteiger partial charge on any atom is -0.424 e. The van der Waals surface area contributed by atoms with Crippen molar-refractivity contribution in [3.63, 3.8) is 0 Å². The number of ether oxygens (including phenoxy) is 1. The second kappa shape index (κ2) is 9.20. The number of anilines is 1. The van der Waals surface area contributed by atoms with Crippen molar-refractivity contribution in [3.8, 4) is 11.8 Å². The van der Waals surface area contributed by atoms with Gasteiger partial charge in [-0.05, 0) is 43.2 Å². The lowest BCUT2D eigenvalue weighted by Crippen LogP contribution is -2.40. The van der Waals surface area contributed by atoms with Crippen LogP contribution in [0.5, 0.6) is 11.8 Å². The van der Waals surface area contributed by atoms with E-state index in [-0.39, 0.29) is 24.2 Å². The van der Waals surface area contributed by atoms with E-state index < -0.39 is 6.04 Å². The summed E-state index contributed by atoms with van der Waals surface area (Å²) in [6.45, 7) is 5.84. The van der Waals surface area contributed by atoms with Gasteiger partial charge in [-0.3, -0.25) is 4.79 Å². The maximum atomic E-state index is 12.0. The molecule has 2 unspecified atom stereocenters. The Hall–Kier alpha value is -2.18. The van der Waals surface area contributed by atoms with Crippen LogP contribution < -0.4 is 15.8 Å². The summed E-state index contributed by atoms with van der Waals surface area (Å²) in [5.41, 5.74) is 7.42. The molecule has 0 aliphatic rings. The Bertz CT molecular complexity index is 664. The zero-order valence-corrected chi connectivity index (χ0v) is 14.8. The van der Waals surface area contributed by atoms with Gasteiger partial charge in [0, 0.05) is 17.6 Å². The van der Waals surface area contributed by atoms with Gasteiger partial charge in [-0.2, -0.15) is 0 Å². The van der Waals surface area contributed by atoms with Gasteiger partial charge in [-0.25, -0.2) is 9.97 Å². The summed E-state index contributed by atoms with van der Waals surface area (Å²) in [6.07, 6.45) is 2.50. The van der Waals surface area contributed by atoms with Gasteiger partial charge in [0.05, 0.1) is 6.04 Å². The molecule has 2 rings (SSSR count). The topological polar surface area (TPSA) is 90.1 Å². The Kier molecular flexibility index (Phi) is 7.61. The SMILES string of the molecule is CCC(C)C(N)C(=O)Nc1ccc(Oc2nccc(C)n2)cc1.Cl. The normalized spacial score (nSPS) is 12.7. The van der Waals surface area contributed by atoms with E-state index in [0.717, 1.165) is 12.1 Å². The molecular formula is C17H23ClN4O2. The van der Waals surface area contributed by atoms with Gasteiger partial charge in [0.15, 0.2) is 0 Å². The van der Waals surface area contributed by atoms with E-state index in [0.29, 0.717) is 17.4 Å². The number of rotatable bonds is 6. The third-order valence-electron chi connectivity index (χ3n) is 3.66. The van der Waals surface area contributed by atoms with Crippen molar-refractivity contribution in [3.05, 3.63) is 42.2 Å². The highest BCUT2D eigenvalue weighted by Crippen LogP contribution is 2.20. The fraction of sp³-hybridized carbons (Fsp3) is 0.353. The third kappa shape index (κ3) is 5.47. The number of carbonyl (C=O) groups excluding carboxylic acids is 1. The van der Waals surface area contributed by atoms with E-state index in [1.807, 2.05) is 20.8 Å². The van der Waals surface area contributed by atoms with Crippen LogP contribution in [0.25, 0.3) is 0 Å². The third-order valence-corrected chi connectivity index (χ3v) is 3.66. The van der Waals surface area contributed by atoms with E-state index >= 15 is 0 Å². The summed E-state index contributed by atoms with van der Waals surface area (Å²) in [4.78, 5) is 20.2. The molecule has 24 heavy (non-hydrogen) atoms. The Balaban J connectivity index is 0.00000288. The quantitative estimate of drug-likeness (QED) is 0.834. The zero-order valence-electron chi connectivity index (χ0n) is 14.0. The first-order valence-corrected chi connectivity index (χ1v) is 7.63. The molecule has 0 aliphatic carbocycles. The maximum absolute atomic E-state index is 12.0. The highest BCUT2D eigenvalue weighted by atomic mass is 35.5. The van der Waals surface area contributed by atoms with Crippen molar-refractivity contribution in [2.45, 2.75) is 33.2 Å². The van der Waals surface area contributed by atoms with E-state index in [1.54, 1.807) is 36.5 Å². The average Bonchev–Trinajstić information content (AvgIpc) is 2.55. The summed E-state index contributed by atoms with van der Waals surface area (Å²) in [5, 5.41) is 2.81. The molecule has 1 aromatic carbocycles. The molecule has 130 valence electrons. The van der Waals surface area contributed by atoms with Crippen molar-refractivity contribution in [2.24, 2.45) is 11.7 Å². The lowest BCUT2D eigenvalue weighted by atomic mass is 9.99. The lowest BCUT2D eigenvalue weighted by molar-refractivity contribution is -0.118. The number of hydrogen-bond acceptors (Lipinski definition) is 5. The number of halogens is 1. The molecule has 3 N–H and O–H groups in total. The largest absolute Gasteiger partial charge is 0.424 e.